The highest BCUT2D eigenvalue weighted by atomic mass is 16.5. The van der Waals surface area contributed by atoms with Crippen LogP contribution in [0.15, 0.2) is 0 Å². The van der Waals surface area contributed by atoms with Gasteiger partial charge in [-0.05, 0) is 58.5 Å². The van der Waals surface area contributed by atoms with Crippen LogP contribution >= 0.6 is 0 Å². The second-order valence-corrected chi connectivity index (χ2v) is 6.05. The predicted octanol–water partition coefficient (Wildman–Crippen LogP) is 1.87. The van der Waals surface area contributed by atoms with E-state index in [4.69, 9.17) is 4.74 Å². The summed E-state index contributed by atoms with van der Waals surface area (Å²) in [4.78, 5) is 2.44. The Balaban J connectivity index is 1.67. The van der Waals surface area contributed by atoms with Crippen LogP contribution in [0.1, 0.15) is 39.0 Å². The molecular weight excluding hydrogens is 212 g/mol. The van der Waals surface area contributed by atoms with Crippen molar-refractivity contribution < 1.29 is 4.74 Å². The standard InChI is InChI=1S/C14H28N2O/c1-11(10-17-3)16(2)7-6-12-8-13-4-5-14(9-12)15-13/h11-15H,4-10H2,1-3H3. The quantitative estimate of drug-likeness (QED) is 0.767. The zero-order valence-electron chi connectivity index (χ0n) is 11.6. The van der Waals surface area contributed by atoms with E-state index in [0.717, 1.165) is 24.6 Å². The summed E-state index contributed by atoms with van der Waals surface area (Å²) >= 11 is 0. The molecule has 100 valence electrons. The van der Waals surface area contributed by atoms with Crippen LogP contribution in [0.25, 0.3) is 0 Å². The zero-order valence-corrected chi connectivity index (χ0v) is 11.6. The van der Waals surface area contributed by atoms with Crippen molar-refractivity contribution in [3.05, 3.63) is 0 Å². The molecule has 0 aromatic carbocycles. The number of hydrogen-bond acceptors (Lipinski definition) is 3. The van der Waals surface area contributed by atoms with Gasteiger partial charge in [-0.1, -0.05) is 0 Å². The van der Waals surface area contributed by atoms with Crippen molar-refractivity contribution in [3.63, 3.8) is 0 Å². The molecular formula is C14H28N2O. The zero-order chi connectivity index (χ0) is 12.3. The van der Waals surface area contributed by atoms with Crippen LogP contribution in [0.2, 0.25) is 0 Å². The van der Waals surface area contributed by atoms with Crippen molar-refractivity contribution in [1.29, 1.82) is 0 Å². The summed E-state index contributed by atoms with van der Waals surface area (Å²) in [6.07, 6.45) is 7.00. The molecule has 0 aromatic rings. The number of ether oxygens (including phenoxy) is 1. The summed E-state index contributed by atoms with van der Waals surface area (Å²) in [6.45, 7) is 4.30. The molecule has 2 aliphatic heterocycles. The van der Waals surface area contributed by atoms with E-state index in [0.29, 0.717) is 6.04 Å². The minimum atomic E-state index is 0.540. The lowest BCUT2D eigenvalue weighted by molar-refractivity contribution is 0.109. The SMILES string of the molecule is COCC(C)N(C)CCC1CC2CCC(C1)N2. The molecule has 3 heteroatoms. The van der Waals surface area contributed by atoms with E-state index in [1.807, 2.05) is 0 Å². The van der Waals surface area contributed by atoms with Crippen molar-refractivity contribution >= 4 is 0 Å². The fourth-order valence-corrected chi connectivity index (χ4v) is 3.39. The number of piperidine rings is 1. The number of likely N-dealkylation sites (N-methyl/N-ethyl adjacent to an activating group) is 1. The number of rotatable bonds is 6. The predicted molar refractivity (Wildman–Crippen MR) is 71.3 cm³/mol. The van der Waals surface area contributed by atoms with Crippen LogP contribution in [-0.4, -0.2) is 50.3 Å². The summed E-state index contributed by atoms with van der Waals surface area (Å²) in [5.41, 5.74) is 0. The second kappa shape index (κ2) is 6.17. The first-order valence-corrected chi connectivity index (χ1v) is 7.14. The Labute approximate surface area is 106 Å². The molecule has 2 rings (SSSR count). The monoisotopic (exact) mass is 240 g/mol. The van der Waals surface area contributed by atoms with E-state index in [1.165, 1.54) is 38.6 Å². The van der Waals surface area contributed by atoms with Gasteiger partial charge in [-0.25, -0.2) is 0 Å². The van der Waals surface area contributed by atoms with Crippen molar-refractivity contribution in [3.8, 4) is 0 Å². The first-order chi connectivity index (χ1) is 8.19. The third-order valence-electron chi connectivity index (χ3n) is 4.62. The molecule has 2 fully saturated rings. The van der Waals surface area contributed by atoms with Gasteiger partial charge in [-0.2, -0.15) is 0 Å². The highest BCUT2D eigenvalue weighted by Crippen LogP contribution is 2.32. The van der Waals surface area contributed by atoms with Crippen LogP contribution < -0.4 is 5.32 Å². The second-order valence-electron chi connectivity index (χ2n) is 6.05. The molecule has 0 radical (unpaired) electrons. The summed E-state index contributed by atoms with van der Waals surface area (Å²) in [5.74, 6) is 0.950. The molecule has 2 saturated heterocycles. The Morgan fingerprint density at radius 1 is 1.29 bits per heavy atom. The maximum absolute atomic E-state index is 5.21. The number of fused-ring (bicyclic) bond motifs is 2. The highest BCUT2D eigenvalue weighted by Gasteiger charge is 2.33. The Kier molecular flexibility index (Phi) is 4.83. The van der Waals surface area contributed by atoms with Gasteiger partial charge in [0.2, 0.25) is 0 Å². The average molecular weight is 240 g/mol. The summed E-state index contributed by atoms with van der Waals surface area (Å²) in [5, 5.41) is 3.72. The van der Waals surface area contributed by atoms with Gasteiger partial charge in [0.05, 0.1) is 6.61 Å². The third-order valence-corrected chi connectivity index (χ3v) is 4.62. The van der Waals surface area contributed by atoms with Crippen molar-refractivity contribution in [1.82, 2.24) is 10.2 Å². The molecule has 17 heavy (non-hydrogen) atoms. The Hall–Kier alpha value is -0.120. The molecule has 2 heterocycles. The molecule has 0 amide bonds. The maximum atomic E-state index is 5.21. The molecule has 1 N–H and O–H groups in total. The van der Waals surface area contributed by atoms with E-state index < -0.39 is 0 Å². The van der Waals surface area contributed by atoms with E-state index in [2.05, 4.69) is 24.2 Å². The lowest BCUT2D eigenvalue weighted by Gasteiger charge is -2.31. The van der Waals surface area contributed by atoms with E-state index in [1.54, 1.807) is 7.11 Å². The molecule has 0 spiro atoms. The van der Waals surface area contributed by atoms with Crippen LogP contribution in [0.4, 0.5) is 0 Å². The number of hydrogen-bond donors (Lipinski definition) is 1. The van der Waals surface area contributed by atoms with E-state index in [-0.39, 0.29) is 0 Å². The first kappa shape index (κ1) is 13.3. The van der Waals surface area contributed by atoms with Crippen LogP contribution in [-0.2, 0) is 4.74 Å². The van der Waals surface area contributed by atoms with Crippen LogP contribution in [0, 0.1) is 5.92 Å². The van der Waals surface area contributed by atoms with Crippen molar-refractivity contribution in [2.24, 2.45) is 5.92 Å². The van der Waals surface area contributed by atoms with Gasteiger partial charge in [-0.3, -0.25) is 0 Å². The molecule has 2 aliphatic rings. The maximum Gasteiger partial charge on any atom is 0.0615 e. The molecule has 0 aliphatic carbocycles. The third kappa shape index (κ3) is 3.67. The number of nitrogens with one attached hydrogen (secondary N) is 1. The first-order valence-electron chi connectivity index (χ1n) is 7.14. The van der Waals surface area contributed by atoms with Gasteiger partial charge in [0.25, 0.3) is 0 Å². The lowest BCUT2D eigenvalue weighted by atomic mass is 9.89. The molecule has 3 nitrogen and oxygen atoms in total. The van der Waals surface area contributed by atoms with Gasteiger partial charge in [0.15, 0.2) is 0 Å². The van der Waals surface area contributed by atoms with Crippen LogP contribution in [0.5, 0.6) is 0 Å². The number of nitrogens with zero attached hydrogens (tertiary/aromatic N) is 1. The molecule has 0 aromatic heterocycles. The van der Waals surface area contributed by atoms with E-state index >= 15 is 0 Å². The minimum absolute atomic E-state index is 0.540. The van der Waals surface area contributed by atoms with Crippen molar-refractivity contribution in [2.75, 3.05) is 27.3 Å². The fraction of sp³-hybridized carbons (Fsp3) is 1.00. The van der Waals surface area contributed by atoms with Crippen LogP contribution in [0.3, 0.4) is 0 Å². The topological polar surface area (TPSA) is 24.5 Å². The van der Waals surface area contributed by atoms with Gasteiger partial charge in [0, 0.05) is 25.2 Å². The van der Waals surface area contributed by atoms with Gasteiger partial charge in [-0.15, -0.1) is 0 Å². The van der Waals surface area contributed by atoms with Crippen molar-refractivity contribution in [2.45, 2.75) is 57.2 Å². The lowest BCUT2D eigenvalue weighted by Crippen LogP contribution is -2.40. The largest absolute Gasteiger partial charge is 0.383 e. The smallest absolute Gasteiger partial charge is 0.0615 e. The molecule has 2 bridgehead atoms. The Bertz CT molecular complexity index is 222. The summed E-state index contributed by atoms with van der Waals surface area (Å²) in [6, 6.07) is 2.21. The molecule has 0 saturated carbocycles. The summed E-state index contributed by atoms with van der Waals surface area (Å²) in [7, 11) is 4.01. The highest BCUT2D eigenvalue weighted by molar-refractivity contribution is 4.92. The average Bonchev–Trinajstić information content (AvgIpc) is 2.66. The van der Waals surface area contributed by atoms with Gasteiger partial charge < -0.3 is 15.0 Å². The summed E-state index contributed by atoms with van der Waals surface area (Å²) < 4.78 is 5.21. The normalized spacial score (nSPS) is 34.2. The minimum Gasteiger partial charge on any atom is -0.383 e. The van der Waals surface area contributed by atoms with Gasteiger partial charge >= 0.3 is 0 Å². The molecule has 3 atom stereocenters. The number of methoxy groups -OCH3 is 1. The van der Waals surface area contributed by atoms with E-state index in [9.17, 15) is 0 Å². The Morgan fingerprint density at radius 2 is 1.94 bits per heavy atom. The van der Waals surface area contributed by atoms with Gasteiger partial charge in [0.1, 0.15) is 0 Å². The fourth-order valence-electron chi connectivity index (χ4n) is 3.39. The molecule has 3 unspecified atom stereocenters. The Morgan fingerprint density at radius 3 is 2.53 bits per heavy atom.